The Morgan fingerprint density at radius 2 is 1.84 bits per heavy atom. The van der Waals surface area contributed by atoms with E-state index in [1.165, 1.54) is 12.1 Å². The summed E-state index contributed by atoms with van der Waals surface area (Å²) >= 11 is 5.86. The summed E-state index contributed by atoms with van der Waals surface area (Å²) in [6.45, 7) is 1.88. The highest BCUT2D eigenvalue weighted by molar-refractivity contribution is 6.30. The van der Waals surface area contributed by atoms with Crippen LogP contribution in [0.4, 0.5) is 4.39 Å². The van der Waals surface area contributed by atoms with Crippen molar-refractivity contribution in [3.63, 3.8) is 0 Å². The van der Waals surface area contributed by atoms with E-state index in [4.69, 9.17) is 11.6 Å². The van der Waals surface area contributed by atoms with Gasteiger partial charge < -0.3 is 5.11 Å². The van der Waals surface area contributed by atoms with E-state index in [1.54, 1.807) is 6.07 Å². The predicted molar refractivity (Wildman–Crippen MR) is 76.0 cm³/mol. The molecule has 19 heavy (non-hydrogen) atoms. The van der Waals surface area contributed by atoms with Gasteiger partial charge in [-0.15, -0.1) is 0 Å². The van der Waals surface area contributed by atoms with Crippen LogP contribution in [0, 0.1) is 5.82 Å². The smallest absolute Gasteiger partial charge is 0.123 e. The summed E-state index contributed by atoms with van der Waals surface area (Å²) in [7, 11) is 0. The third-order valence-corrected chi connectivity index (χ3v) is 3.63. The molecule has 0 bridgehead atoms. The SMILES string of the molecule is CC(CO)(Cc1ccc(Cl)cc1)c1cccc(F)c1. The lowest BCUT2D eigenvalue weighted by molar-refractivity contribution is 0.204. The van der Waals surface area contributed by atoms with Gasteiger partial charge in [-0.05, 0) is 41.8 Å². The number of halogens is 2. The van der Waals surface area contributed by atoms with Crippen LogP contribution in [0.15, 0.2) is 48.5 Å². The third-order valence-electron chi connectivity index (χ3n) is 3.38. The number of aliphatic hydroxyl groups excluding tert-OH is 1. The second-order valence-corrected chi connectivity index (χ2v) is 5.47. The summed E-state index contributed by atoms with van der Waals surface area (Å²) in [5.74, 6) is -0.284. The Morgan fingerprint density at radius 3 is 2.42 bits per heavy atom. The first-order valence-corrected chi connectivity index (χ1v) is 6.53. The van der Waals surface area contributed by atoms with Gasteiger partial charge in [0.15, 0.2) is 0 Å². The normalized spacial score (nSPS) is 14.1. The van der Waals surface area contributed by atoms with Crippen molar-refractivity contribution in [1.29, 1.82) is 0 Å². The zero-order valence-electron chi connectivity index (χ0n) is 10.7. The fraction of sp³-hybridized carbons (Fsp3) is 0.250. The molecule has 0 aliphatic carbocycles. The molecule has 100 valence electrons. The topological polar surface area (TPSA) is 20.2 Å². The van der Waals surface area contributed by atoms with Gasteiger partial charge in [-0.25, -0.2) is 4.39 Å². The minimum Gasteiger partial charge on any atom is -0.395 e. The number of hydrogen-bond acceptors (Lipinski definition) is 1. The molecule has 1 N–H and O–H groups in total. The number of aliphatic hydroxyl groups is 1. The maximum atomic E-state index is 13.3. The fourth-order valence-electron chi connectivity index (χ4n) is 2.17. The molecule has 1 atom stereocenters. The Bertz CT molecular complexity index is 553. The van der Waals surface area contributed by atoms with Crippen LogP contribution in [-0.4, -0.2) is 11.7 Å². The Kier molecular flexibility index (Phi) is 4.23. The lowest BCUT2D eigenvalue weighted by atomic mass is 9.78. The van der Waals surface area contributed by atoms with Gasteiger partial charge in [0, 0.05) is 10.4 Å². The molecular formula is C16H16ClFO. The van der Waals surface area contributed by atoms with Gasteiger partial charge in [0.1, 0.15) is 5.82 Å². The molecule has 1 unspecified atom stereocenters. The molecule has 0 amide bonds. The van der Waals surface area contributed by atoms with Crippen LogP contribution < -0.4 is 0 Å². The summed E-state index contributed by atoms with van der Waals surface area (Å²) in [5.41, 5.74) is 1.35. The van der Waals surface area contributed by atoms with E-state index in [0.717, 1.165) is 11.1 Å². The van der Waals surface area contributed by atoms with E-state index in [-0.39, 0.29) is 12.4 Å². The van der Waals surface area contributed by atoms with Gasteiger partial charge in [0.25, 0.3) is 0 Å². The quantitative estimate of drug-likeness (QED) is 0.897. The van der Waals surface area contributed by atoms with Gasteiger partial charge >= 0.3 is 0 Å². The molecule has 0 radical (unpaired) electrons. The van der Waals surface area contributed by atoms with Gasteiger partial charge in [-0.3, -0.25) is 0 Å². The molecule has 3 heteroatoms. The number of hydrogen-bond donors (Lipinski definition) is 1. The first kappa shape index (κ1) is 14.0. The first-order chi connectivity index (χ1) is 9.03. The van der Waals surface area contributed by atoms with Crippen molar-refractivity contribution in [1.82, 2.24) is 0 Å². The summed E-state index contributed by atoms with van der Waals surface area (Å²) < 4.78 is 13.3. The minimum atomic E-state index is -0.504. The molecule has 0 saturated heterocycles. The maximum absolute atomic E-state index is 13.3. The van der Waals surface area contributed by atoms with Crippen molar-refractivity contribution < 1.29 is 9.50 Å². The van der Waals surface area contributed by atoms with E-state index in [1.807, 2.05) is 37.3 Å². The monoisotopic (exact) mass is 278 g/mol. The van der Waals surface area contributed by atoms with Crippen LogP contribution in [0.25, 0.3) is 0 Å². The molecular weight excluding hydrogens is 263 g/mol. The molecule has 0 spiro atoms. The van der Waals surface area contributed by atoms with Crippen LogP contribution in [-0.2, 0) is 11.8 Å². The molecule has 0 aliphatic rings. The molecule has 0 saturated carbocycles. The van der Waals surface area contributed by atoms with Crippen molar-refractivity contribution in [3.05, 3.63) is 70.5 Å². The number of benzene rings is 2. The van der Waals surface area contributed by atoms with Crippen LogP contribution in [0.5, 0.6) is 0 Å². The minimum absolute atomic E-state index is 0.0426. The van der Waals surface area contributed by atoms with Gasteiger partial charge in [0.05, 0.1) is 6.61 Å². The van der Waals surface area contributed by atoms with Gasteiger partial charge in [-0.1, -0.05) is 42.8 Å². The van der Waals surface area contributed by atoms with E-state index in [9.17, 15) is 9.50 Å². The molecule has 2 aromatic carbocycles. The molecule has 0 aliphatic heterocycles. The highest BCUT2D eigenvalue weighted by Crippen LogP contribution is 2.28. The lowest BCUT2D eigenvalue weighted by Crippen LogP contribution is -2.29. The Labute approximate surface area is 117 Å². The van der Waals surface area contributed by atoms with Crippen molar-refractivity contribution in [2.24, 2.45) is 0 Å². The molecule has 2 aromatic rings. The van der Waals surface area contributed by atoms with Gasteiger partial charge in [-0.2, -0.15) is 0 Å². The van der Waals surface area contributed by atoms with E-state index < -0.39 is 5.41 Å². The zero-order chi connectivity index (χ0) is 13.9. The highest BCUT2D eigenvalue weighted by atomic mass is 35.5. The molecule has 0 aromatic heterocycles. The first-order valence-electron chi connectivity index (χ1n) is 6.15. The average molecular weight is 279 g/mol. The Hall–Kier alpha value is -1.38. The summed E-state index contributed by atoms with van der Waals surface area (Å²) in [6.07, 6.45) is 0.629. The highest BCUT2D eigenvalue weighted by Gasteiger charge is 2.26. The predicted octanol–water partition coefficient (Wildman–Crippen LogP) is 3.97. The summed E-state index contributed by atoms with van der Waals surface area (Å²) in [5, 5.41) is 10.4. The molecule has 0 heterocycles. The fourth-order valence-corrected chi connectivity index (χ4v) is 2.29. The van der Waals surface area contributed by atoms with E-state index in [2.05, 4.69) is 0 Å². The maximum Gasteiger partial charge on any atom is 0.123 e. The second kappa shape index (κ2) is 5.72. The molecule has 1 nitrogen and oxygen atoms in total. The van der Waals surface area contributed by atoms with Crippen LogP contribution >= 0.6 is 11.6 Å². The largest absolute Gasteiger partial charge is 0.395 e. The summed E-state index contributed by atoms with van der Waals surface area (Å²) in [4.78, 5) is 0. The number of rotatable bonds is 4. The standard InChI is InChI=1S/C16H16ClFO/c1-16(11-19,13-3-2-4-15(18)9-13)10-12-5-7-14(17)8-6-12/h2-9,19H,10-11H2,1H3. The summed E-state index contributed by atoms with van der Waals surface area (Å²) in [6, 6.07) is 13.9. The lowest BCUT2D eigenvalue weighted by Gasteiger charge is -2.28. The zero-order valence-corrected chi connectivity index (χ0v) is 11.5. The average Bonchev–Trinajstić information content (AvgIpc) is 2.41. The molecule has 0 fully saturated rings. The van der Waals surface area contributed by atoms with Crippen molar-refractivity contribution in [3.8, 4) is 0 Å². The van der Waals surface area contributed by atoms with Crippen LogP contribution in [0.1, 0.15) is 18.1 Å². The van der Waals surface area contributed by atoms with Crippen LogP contribution in [0.2, 0.25) is 5.02 Å². The van der Waals surface area contributed by atoms with Gasteiger partial charge in [0.2, 0.25) is 0 Å². The van der Waals surface area contributed by atoms with Crippen LogP contribution in [0.3, 0.4) is 0 Å². The van der Waals surface area contributed by atoms with Crippen molar-refractivity contribution in [2.75, 3.05) is 6.61 Å². The van der Waals surface area contributed by atoms with E-state index in [0.29, 0.717) is 11.4 Å². The second-order valence-electron chi connectivity index (χ2n) is 5.03. The van der Waals surface area contributed by atoms with Crippen molar-refractivity contribution >= 4 is 11.6 Å². The van der Waals surface area contributed by atoms with Crippen molar-refractivity contribution in [2.45, 2.75) is 18.8 Å². The Morgan fingerprint density at radius 1 is 1.16 bits per heavy atom. The molecule has 2 rings (SSSR count). The Balaban J connectivity index is 2.30. The van der Waals surface area contributed by atoms with E-state index >= 15 is 0 Å². The third kappa shape index (κ3) is 3.34.